The van der Waals surface area contributed by atoms with E-state index < -0.39 is 49.8 Å². The van der Waals surface area contributed by atoms with E-state index in [-0.39, 0.29) is 61.6 Å². The average molecular weight is 1350 g/mol. The summed E-state index contributed by atoms with van der Waals surface area (Å²) in [7, 11) is -4.22. The molecule has 20 heteroatoms. The fourth-order valence-electron chi connectivity index (χ4n) is 12.5. The summed E-state index contributed by atoms with van der Waals surface area (Å²) in [5.41, 5.74) is 6.60. The van der Waals surface area contributed by atoms with E-state index in [4.69, 9.17) is 18.9 Å². The number of nitrogens with zero attached hydrogens (tertiary/aromatic N) is 5. The van der Waals surface area contributed by atoms with Gasteiger partial charge >= 0.3 is 13.1 Å². The minimum Gasteiger partial charge on any atom is -0.443 e. The van der Waals surface area contributed by atoms with Gasteiger partial charge < -0.3 is 39.4 Å². The van der Waals surface area contributed by atoms with Gasteiger partial charge in [0.25, 0.3) is 0 Å². The number of fused-ring (bicyclic) bond motifs is 1. The highest BCUT2D eigenvalue weighted by Gasteiger charge is 2.45. The summed E-state index contributed by atoms with van der Waals surface area (Å²) >= 11 is 0. The van der Waals surface area contributed by atoms with E-state index >= 15 is 0 Å². The molecule has 3 fully saturated rings. The number of benzene rings is 7. The van der Waals surface area contributed by atoms with Gasteiger partial charge in [-0.1, -0.05) is 205 Å². The predicted molar refractivity (Wildman–Crippen MR) is 383 cm³/mol. The molecule has 17 nitrogen and oxygen atoms in total. The van der Waals surface area contributed by atoms with Gasteiger partial charge in [-0.3, -0.25) is 9.80 Å². The van der Waals surface area contributed by atoms with Crippen molar-refractivity contribution in [1.82, 2.24) is 23.7 Å². The molecular weight excluding hydrogens is 1250 g/mol. The molecular formula is C76H100BN7O10S2. The fraction of sp³-hybridized carbons (Fsp3) is 0.434. The molecule has 0 radical (unpaired) electrons. The van der Waals surface area contributed by atoms with Gasteiger partial charge in [0.2, 0.25) is 20.0 Å². The highest BCUT2D eigenvalue weighted by Crippen LogP contribution is 2.35. The number of amides is 1. The number of alkyl carbamates (subject to hydrolysis) is 1. The Morgan fingerprint density at radius 3 is 1.52 bits per heavy atom. The molecule has 7 aromatic rings. The van der Waals surface area contributed by atoms with Crippen LogP contribution in [0.15, 0.2) is 210 Å². The topological polar surface area (TPSA) is 186 Å². The normalized spacial score (nSPS) is 17.1. The van der Waals surface area contributed by atoms with Crippen molar-refractivity contribution in [2.75, 3.05) is 83.2 Å². The molecule has 3 saturated heterocycles. The number of ether oxygens (including phenoxy) is 3. The molecule has 0 saturated carbocycles. The predicted octanol–water partition coefficient (Wildman–Crippen LogP) is 12.2. The van der Waals surface area contributed by atoms with Gasteiger partial charge in [0, 0.05) is 70.8 Å². The molecule has 3 N–H and O–H groups in total. The minimum atomic E-state index is -4.17. The monoisotopic (exact) mass is 1350 g/mol. The number of rotatable bonds is 34. The van der Waals surface area contributed by atoms with Crippen molar-refractivity contribution >= 4 is 44.6 Å². The Balaban J connectivity index is 0.000000251. The molecule has 5 atom stereocenters. The van der Waals surface area contributed by atoms with Crippen LogP contribution in [0.4, 0.5) is 16.2 Å². The number of sulfonamides is 2. The molecule has 3 aliphatic rings. The lowest BCUT2D eigenvalue weighted by Gasteiger charge is -2.36. The van der Waals surface area contributed by atoms with Gasteiger partial charge in [0.15, 0.2) is 6.29 Å². The van der Waals surface area contributed by atoms with Gasteiger partial charge in [-0.2, -0.15) is 8.61 Å². The number of aliphatic hydroxyl groups excluding tert-OH is 1. The van der Waals surface area contributed by atoms with Crippen molar-refractivity contribution in [2.45, 2.75) is 128 Å². The molecule has 3 heterocycles. The summed E-state index contributed by atoms with van der Waals surface area (Å²) in [4.78, 5) is 20.7. The van der Waals surface area contributed by atoms with Crippen LogP contribution in [-0.2, 0) is 71.5 Å². The summed E-state index contributed by atoms with van der Waals surface area (Å²) in [5.74, 6) is 0.171. The van der Waals surface area contributed by atoms with E-state index in [1.54, 1.807) is 47.8 Å². The second-order valence-corrected chi connectivity index (χ2v) is 31.7. The molecule has 7 aromatic carbocycles. The Hall–Kier alpha value is -6.95. The van der Waals surface area contributed by atoms with Crippen molar-refractivity contribution in [1.29, 1.82) is 0 Å². The third kappa shape index (κ3) is 22.0. The zero-order chi connectivity index (χ0) is 68.3. The summed E-state index contributed by atoms with van der Waals surface area (Å²) in [5, 5.41) is 18.1. The summed E-state index contributed by atoms with van der Waals surface area (Å²) in [6.45, 7) is 19.6. The van der Waals surface area contributed by atoms with Gasteiger partial charge in [-0.25, -0.2) is 21.6 Å². The van der Waals surface area contributed by atoms with Crippen molar-refractivity contribution in [3.63, 3.8) is 0 Å². The molecule has 514 valence electrons. The highest BCUT2D eigenvalue weighted by atomic mass is 32.2. The maximum Gasteiger partial charge on any atom is 0.440 e. The first kappa shape index (κ1) is 73.3. The van der Waals surface area contributed by atoms with E-state index in [2.05, 4.69) is 135 Å². The smallest absolute Gasteiger partial charge is 0.440 e. The third-order valence-electron chi connectivity index (χ3n) is 18.1. The Labute approximate surface area is 572 Å². The number of aliphatic hydroxyl groups is 1. The van der Waals surface area contributed by atoms with Crippen LogP contribution in [0.25, 0.3) is 0 Å². The molecule has 10 rings (SSSR count). The van der Waals surface area contributed by atoms with Crippen LogP contribution in [0.2, 0.25) is 0 Å². The van der Waals surface area contributed by atoms with Crippen molar-refractivity contribution in [2.24, 2.45) is 22.7 Å². The maximum atomic E-state index is 14.9. The number of nitrogens with one attached hydrogen (secondary N) is 2. The number of carbonyl (C=O) groups excluding carboxylic acids is 1. The van der Waals surface area contributed by atoms with Crippen LogP contribution < -0.4 is 15.4 Å². The van der Waals surface area contributed by atoms with Gasteiger partial charge in [0.1, 0.15) is 6.10 Å². The van der Waals surface area contributed by atoms with E-state index in [0.29, 0.717) is 49.8 Å². The van der Waals surface area contributed by atoms with Crippen molar-refractivity contribution in [3.8, 4) is 0 Å². The van der Waals surface area contributed by atoms with Crippen LogP contribution in [-0.4, -0.2) is 151 Å². The quantitative estimate of drug-likeness (QED) is 0.0255. The molecule has 96 heavy (non-hydrogen) atoms. The minimum absolute atomic E-state index is 0.0568. The Kier molecular flexibility index (Phi) is 26.4. The SMILES string of the molecule is CN(B1CO1)c1cccc(S(=O)(=O)N(C[C@@H](O)[C@H](Cc2ccccc2)NC(=O)O[C@H]2CO[C@H]3OCC[C@H]32)CC(C)(C)CCN(Cc2ccccc2)Cc2ccccc2)c1.CNc1cccc(S(=O)(=O)N(CC(C)C)CC(C)(C)CCN(Cc2ccccc2)Cc2ccccc2)c1. The van der Waals surface area contributed by atoms with Gasteiger partial charge in [-0.15, -0.1) is 0 Å². The van der Waals surface area contributed by atoms with E-state index in [9.17, 15) is 26.7 Å². The Morgan fingerprint density at radius 1 is 0.615 bits per heavy atom. The summed E-state index contributed by atoms with van der Waals surface area (Å²) in [6, 6.07) is 64.3. The molecule has 0 unspecified atom stereocenters. The zero-order valence-electron chi connectivity index (χ0n) is 57.3. The lowest BCUT2D eigenvalue weighted by Crippen LogP contribution is -2.52. The molecule has 0 spiro atoms. The van der Waals surface area contributed by atoms with Gasteiger partial charge in [0.05, 0.1) is 47.6 Å². The number of hydrogen-bond acceptors (Lipinski definition) is 14. The Morgan fingerprint density at radius 2 is 1.06 bits per heavy atom. The second-order valence-electron chi connectivity index (χ2n) is 27.8. The number of hydrogen-bond donors (Lipinski definition) is 3. The van der Waals surface area contributed by atoms with Crippen LogP contribution in [0.5, 0.6) is 0 Å². The first-order chi connectivity index (χ1) is 46.0. The highest BCUT2D eigenvalue weighted by molar-refractivity contribution is 7.89. The zero-order valence-corrected chi connectivity index (χ0v) is 58.9. The number of carbonyl (C=O) groups is 1. The van der Waals surface area contributed by atoms with Crippen molar-refractivity contribution < 1.29 is 45.6 Å². The van der Waals surface area contributed by atoms with Gasteiger partial charge in [-0.05, 0) is 127 Å². The van der Waals surface area contributed by atoms with Crippen LogP contribution in [0, 0.1) is 22.7 Å². The van der Waals surface area contributed by atoms with E-state index in [0.717, 1.165) is 56.8 Å². The molecule has 1 amide bonds. The van der Waals surface area contributed by atoms with Crippen LogP contribution >= 0.6 is 0 Å². The first-order valence-electron chi connectivity index (χ1n) is 33.8. The average Bonchev–Trinajstić information content (AvgIpc) is 1.19. The summed E-state index contributed by atoms with van der Waals surface area (Å²) < 4.78 is 82.9. The number of anilines is 2. The second kappa shape index (κ2) is 34.5. The third-order valence-corrected chi connectivity index (χ3v) is 21.7. The molecule has 0 aromatic heterocycles. The Bertz CT molecular complexity index is 3650. The lowest BCUT2D eigenvalue weighted by atomic mass is 9.88. The first-order valence-corrected chi connectivity index (χ1v) is 36.7. The molecule has 3 aliphatic heterocycles. The molecule has 0 bridgehead atoms. The fourth-order valence-corrected chi connectivity index (χ4v) is 16.0. The van der Waals surface area contributed by atoms with Crippen LogP contribution in [0.1, 0.15) is 88.6 Å². The maximum absolute atomic E-state index is 14.9. The molecule has 0 aliphatic carbocycles. The largest absolute Gasteiger partial charge is 0.443 e. The van der Waals surface area contributed by atoms with Crippen molar-refractivity contribution in [3.05, 3.63) is 228 Å². The van der Waals surface area contributed by atoms with E-state index in [1.807, 2.05) is 103 Å². The van der Waals surface area contributed by atoms with E-state index in [1.165, 1.54) is 26.6 Å². The standard InChI is InChI=1S/C45H57BN4O8S.C31H43N3O2S/c1-45(2,23-24-49(28-35-16-9-5-10-17-35)29-36-18-11-6-12-19-36)32-50(59(53,54)38-21-13-20-37(27-38)48(3)46-33-57-46)30-41(51)40(26-34-14-7-4-8-15-34)47-44(52)58-42-31-56-43-39(42)22-25-55-43;1-26(2)22-34(37(35,36)30-18-12-17-29(21-30)32-5)25-31(3,4)19-20-33(23-27-13-8-6-9-14-27)24-28-15-10-7-11-16-28/h4-21,27,39-43,51H,22-26,28-33H2,1-3H3,(H,47,52);6-18,21,26,32H,19-20,22-25H2,1-5H3/t39-,40-,41+,42-,43+;/m0./s1. The van der Waals surface area contributed by atoms with Crippen LogP contribution in [0.3, 0.4) is 0 Å². The summed E-state index contributed by atoms with van der Waals surface area (Å²) in [6.07, 6.45) is -0.339. The lowest BCUT2D eigenvalue weighted by molar-refractivity contribution is -0.0907.